The molecule has 1 amide bonds. The van der Waals surface area contributed by atoms with E-state index in [1.807, 2.05) is 24.3 Å². The van der Waals surface area contributed by atoms with Crippen LogP contribution in [0.1, 0.15) is 33.0 Å². The molecule has 0 heterocycles. The Bertz CT molecular complexity index is 1080. The third-order valence-electron chi connectivity index (χ3n) is 5.10. The van der Waals surface area contributed by atoms with E-state index in [1.165, 1.54) is 23.3 Å². The summed E-state index contributed by atoms with van der Waals surface area (Å²) in [5.41, 5.74) is 5.47. The lowest BCUT2D eigenvalue weighted by Gasteiger charge is -2.14. The van der Waals surface area contributed by atoms with Gasteiger partial charge >= 0.3 is 6.09 Å². The van der Waals surface area contributed by atoms with Gasteiger partial charge in [-0.3, -0.25) is 4.79 Å². The molecular formula is C25H20FNO3. The van der Waals surface area contributed by atoms with Crippen LogP contribution in [-0.2, 0) is 4.74 Å². The van der Waals surface area contributed by atoms with Crippen LogP contribution >= 0.6 is 0 Å². The second kappa shape index (κ2) is 8.74. The SMILES string of the molecule is O=Cc1cc(F)cc(C=CCNC(=O)OCC2c3ccccc3-c3ccccc32)c1. The number of carbonyl (C=O) groups is 2. The largest absolute Gasteiger partial charge is 0.449 e. The number of nitrogens with one attached hydrogen (secondary N) is 1. The van der Waals surface area contributed by atoms with Crippen molar-refractivity contribution in [1.82, 2.24) is 5.32 Å². The van der Waals surface area contributed by atoms with Crippen LogP contribution < -0.4 is 5.32 Å². The number of amides is 1. The highest BCUT2D eigenvalue weighted by molar-refractivity contribution is 5.79. The summed E-state index contributed by atoms with van der Waals surface area (Å²) in [6, 6.07) is 20.4. The molecule has 0 spiro atoms. The number of carbonyl (C=O) groups excluding carboxylic acids is 2. The zero-order valence-corrected chi connectivity index (χ0v) is 16.2. The second-order valence-electron chi connectivity index (χ2n) is 7.04. The van der Waals surface area contributed by atoms with E-state index in [-0.39, 0.29) is 24.6 Å². The molecule has 0 aromatic heterocycles. The molecule has 0 bridgehead atoms. The average Bonchev–Trinajstić information content (AvgIpc) is 3.09. The Morgan fingerprint density at radius 3 is 2.27 bits per heavy atom. The predicted molar refractivity (Wildman–Crippen MR) is 114 cm³/mol. The van der Waals surface area contributed by atoms with Crippen molar-refractivity contribution in [3.05, 3.63) is 101 Å². The summed E-state index contributed by atoms with van der Waals surface area (Å²) < 4.78 is 18.9. The quantitative estimate of drug-likeness (QED) is 0.579. The topological polar surface area (TPSA) is 55.4 Å². The molecule has 30 heavy (non-hydrogen) atoms. The zero-order chi connectivity index (χ0) is 20.9. The van der Waals surface area contributed by atoms with E-state index in [1.54, 1.807) is 18.2 Å². The van der Waals surface area contributed by atoms with Crippen molar-refractivity contribution in [2.45, 2.75) is 5.92 Å². The maximum absolute atomic E-state index is 13.4. The summed E-state index contributed by atoms with van der Waals surface area (Å²) in [6.07, 6.45) is 3.38. The van der Waals surface area contributed by atoms with Gasteiger partial charge in [-0.15, -0.1) is 0 Å². The zero-order valence-electron chi connectivity index (χ0n) is 16.2. The van der Waals surface area contributed by atoms with E-state index in [9.17, 15) is 14.0 Å². The molecule has 0 unspecified atom stereocenters. The molecule has 1 aliphatic carbocycles. The van der Waals surface area contributed by atoms with Crippen molar-refractivity contribution in [1.29, 1.82) is 0 Å². The van der Waals surface area contributed by atoms with E-state index in [0.717, 1.165) is 11.1 Å². The summed E-state index contributed by atoms with van der Waals surface area (Å²) in [7, 11) is 0. The second-order valence-corrected chi connectivity index (χ2v) is 7.04. The van der Waals surface area contributed by atoms with Gasteiger partial charge in [0.2, 0.25) is 0 Å². The van der Waals surface area contributed by atoms with Gasteiger partial charge < -0.3 is 10.1 Å². The van der Waals surface area contributed by atoms with Crippen molar-refractivity contribution in [2.75, 3.05) is 13.2 Å². The van der Waals surface area contributed by atoms with Gasteiger partial charge in [0, 0.05) is 18.0 Å². The van der Waals surface area contributed by atoms with Crippen molar-refractivity contribution >= 4 is 18.5 Å². The molecule has 0 saturated heterocycles. The number of rotatable bonds is 6. The van der Waals surface area contributed by atoms with Crippen LogP contribution in [0.3, 0.4) is 0 Å². The lowest BCUT2D eigenvalue weighted by atomic mass is 9.98. The van der Waals surface area contributed by atoms with Crippen LogP contribution in [-0.4, -0.2) is 25.5 Å². The van der Waals surface area contributed by atoms with Gasteiger partial charge in [0.05, 0.1) is 0 Å². The Hall–Kier alpha value is -3.73. The standard InChI is InChI=1S/C25H20FNO3/c26-19-13-17(12-18(14-19)15-28)6-5-11-27-25(29)30-16-24-22-9-3-1-7-20(22)21-8-2-4-10-23(21)24/h1-10,12-15,24H,11,16H2,(H,27,29). The first kappa shape index (κ1) is 19.6. The fraction of sp³-hybridized carbons (Fsp3) is 0.120. The number of fused-ring (bicyclic) bond motifs is 3. The van der Waals surface area contributed by atoms with Crippen molar-refractivity contribution in [3.63, 3.8) is 0 Å². The Balaban J connectivity index is 1.34. The number of hydrogen-bond acceptors (Lipinski definition) is 3. The van der Waals surface area contributed by atoms with Gasteiger partial charge in [-0.25, -0.2) is 9.18 Å². The van der Waals surface area contributed by atoms with Crippen molar-refractivity contribution < 1.29 is 18.7 Å². The fourth-order valence-electron chi connectivity index (χ4n) is 3.79. The van der Waals surface area contributed by atoms with E-state index in [0.29, 0.717) is 11.8 Å². The molecule has 1 N–H and O–H groups in total. The molecule has 1 aliphatic rings. The molecule has 150 valence electrons. The van der Waals surface area contributed by atoms with Gasteiger partial charge in [0.25, 0.3) is 0 Å². The third-order valence-corrected chi connectivity index (χ3v) is 5.10. The Kier molecular flexibility index (Phi) is 5.70. The van der Waals surface area contributed by atoms with E-state index in [4.69, 9.17) is 4.74 Å². The molecule has 0 atom stereocenters. The first-order valence-electron chi connectivity index (χ1n) is 9.67. The highest BCUT2D eigenvalue weighted by Crippen LogP contribution is 2.44. The molecule has 4 rings (SSSR count). The molecule has 4 nitrogen and oxygen atoms in total. The van der Waals surface area contributed by atoms with Crippen LogP contribution in [0.2, 0.25) is 0 Å². The minimum absolute atomic E-state index is 0.00717. The van der Waals surface area contributed by atoms with Gasteiger partial charge in [-0.2, -0.15) is 0 Å². The first-order chi connectivity index (χ1) is 14.7. The first-order valence-corrected chi connectivity index (χ1v) is 9.67. The van der Waals surface area contributed by atoms with Crippen molar-refractivity contribution in [2.24, 2.45) is 0 Å². The van der Waals surface area contributed by atoms with Gasteiger partial charge in [0.15, 0.2) is 0 Å². The third kappa shape index (κ3) is 4.15. The van der Waals surface area contributed by atoms with Crippen LogP contribution in [0, 0.1) is 5.82 Å². The molecule has 0 saturated carbocycles. The molecule has 0 radical (unpaired) electrons. The van der Waals surface area contributed by atoms with E-state index in [2.05, 4.69) is 29.6 Å². The number of halogens is 1. The maximum atomic E-state index is 13.4. The number of hydrogen-bond donors (Lipinski definition) is 1. The lowest BCUT2D eigenvalue weighted by Crippen LogP contribution is -2.26. The van der Waals surface area contributed by atoms with Crippen molar-refractivity contribution in [3.8, 4) is 11.1 Å². The Morgan fingerprint density at radius 2 is 1.60 bits per heavy atom. The van der Waals surface area contributed by atoms with E-state index >= 15 is 0 Å². The fourth-order valence-corrected chi connectivity index (χ4v) is 3.79. The molecule has 5 heteroatoms. The highest BCUT2D eigenvalue weighted by Gasteiger charge is 2.28. The summed E-state index contributed by atoms with van der Waals surface area (Å²) >= 11 is 0. The predicted octanol–water partition coefficient (Wildman–Crippen LogP) is 5.19. The van der Waals surface area contributed by atoms with Gasteiger partial charge in [-0.05, 0) is 46.0 Å². The number of benzene rings is 3. The summed E-state index contributed by atoms with van der Waals surface area (Å²) in [6.45, 7) is 0.472. The lowest BCUT2D eigenvalue weighted by molar-refractivity contribution is 0.112. The number of aldehydes is 1. The Morgan fingerprint density at radius 1 is 0.967 bits per heavy atom. The monoisotopic (exact) mass is 401 g/mol. The van der Waals surface area contributed by atoms with E-state index < -0.39 is 11.9 Å². The molecule has 0 aliphatic heterocycles. The average molecular weight is 401 g/mol. The summed E-state index contributed by atoms with van der Waals surface area (Å²) in [5.74, 6) is -0.475. The van der Waals surface area contributed by atoms with Gasteiger partial charge in [0.1, 0.15) is 18.7 Å². The number of ether oxygens (including phenoxy) is 1. The van der Waals surface area contributed by atoms with Gasteiger partial charge in [-0.1, -0.05) is 60.7 Å². The number of alkyl carbamates (subject to hydrolysis) is 1. The Labute approximate surface area is 174 Å². The summed E-state index contributed by atoms with van der Waals surface area (Å²) in [5, 5.41) is 2.66. The summed E-state index contributed by atoms with van der Waals surface area (Å²) in [4.78, 5) is 22.9. The maximum Gasteiger partial charge on any atom is 0.407 e. The minimum Gasteiger partial charge on any atom is -0.449 e. The minimum atomic E-state index is -0.519. The highest BCUT2D eigenvalue weighted by atomic mass is 19.1. The van der Waals surface area contributed by atoms with Crippen LogP contribution in [0.25, 0.3) is 17.2 Å². The normalized spacial score (nSPS) is 12.4. The van der Waals surface area contributed by atoms with Crippen LogP contribution in [0.15, 0.2) is 72.8 Å². The molecular weight excluding hydrogens is 381 g/mol. The smallest absolute Gasteiger partial charge is 0.407 e. The van der Waals surface area contributed by atoms with Crippen LogP contribution in [0.4, 0.5) is 9.18 Å². The molecule has 0 fully saturated rings. The molecule has 3 aromatic rings. The molecule has 3 aromatic carbocycles. The van der Waals surface area contributed by atoms with Crippen LogP contribution in [0.5, 0.6) is 0 Å².